The number of nitriles is 1. The smallest absolute Gasteiger partial charge is 0.235 e. The number of hydrogen-bond acceptors (Lipinski definition) is 3. The minimum atomic E-state index is -0.150. The molecule has 288 valence electrons. The summed E-state index contributed by atoms with van der Waals surface area (Å²) in [6.07, 6.45) is 5.72. The average Bonchev–Trinajstić information content (AvgIpc) is 3.91. The Balaban J connectivity index is 1.05. The van der Waals surface area contributed by atoms with Gasteiger partial charge < -0.3 is 4.57 Å². The molecule has 1 atom stereocenters. The maximum atomic E-state index is 9.62. The lowest BCUT2D eigenvalue weighted by Crippen LogP contribution is -2.32. The van der Waals surface area contributed by atoms with E-state index in [1.807, 2.05) is 24.3 Å². The first-order valence-electron chi connectivity index (χ1n) is 21.0. The number of para-hydroxylation sites is 3. The Labute approximate surface area is 353 Å². The molecule has 2 aliphatic carbocycles. The average molecular weight is 782 g/mol. The van der Waals surface area contributed by atoms with Crippen molar-refractivity contribution in [3.05, 3.63) is 203 Å². The van der Waals surface area contributed by atoms with Gasteiger partial charge in [-0.05, 0) is 94.9 Å². The Morgan fingerprint density at radius 1 is 0.574 bits per heavy atom. The molecule has 0 radical (unpaired) electrons. The molecule has 3 heterocycles. The van der Waals surface area contributed by atoms with E-state index >= 15 is 0 Å². The second-order valence-electron chi connectivity index (χ2n) is 16.9. The SMILES string of the molecule is CC1(C)c2ccccc2-c2ccc(-c3cc(-c4ccc(C#N)cc4)nc(-n4c5c(c6ccccc64)=CCC(c4ccc6c(c4)c4ccccc4n6-c4ccccc4)C=5)n3)cc21. The van der Waals surface area contributed by atoms with Gasteiger partial charge in [-0.15, -0.1) is 0 Å². The molecule has 0 amide bonds. The minimum Gasteiger partial charge on any atom is -0.309 e. The van der Waals surface area contributed by atoms with Gasteiger partial charge >= 0.3 is 0 Å². The van der Waals surface area contributed by atoms with Crippen molar-refractivity contribution in [1.29, 1.82) is 5.26 Å². The first-order chi connectivity index (χ1) is 29.9. The second kappa shape index (κ2) is 13.4. The highest BCUT2D eigenvalue weighted by atomic mass is 15.2. The van der Waals surface area contributed by atoms with E-state index in [2.05, 4.69) is 187 Å². The third-order valence-corrected chi connectivity index (χ3v) is 13.1. The normalized spacial score (nSPS) is 14.9. The number of rotatable bonds is 5. The molecule has 0 fully saturated rings. The molecule has 5 nitrogen and oxygen atoms in total. The topological polar surface area (TPSA) is 59.4 Å². The van der Waals surface area contributed by atoms with Crippen LogP contribution < -0.4 is 10.6 Å². The molecule has 1 unspecified atom stereocenters. The van der Waals surface area contributed by atoms with Gasteiger partial charge in [0.2, 0.25) is 5.95 Å². The third kappa shape index (κ3) is 5.39. The van der Waals surface area contributed by atoms with Gasteiger partial charge in [0.25, 0.3) is 0 Å². The number of fused-ring (bicyclic) bond motifs is 9. The van der Waals surface area contributed by atoms with Crippen LogP contribution in [0.15, 0.2) is 170 Å². The number of benzene rings is 7. The van der Waals surface area contributed by atoms with Gasteiger partial charge in [-0.3, -0.25) is 4.57 Å². The Bertz CT molecular complexity index is 3600. The van der Waals surface area contributed by atoms with Crippen LogP contribution in [0.2, 0.25) is 0 Å². The zero-order valence-electron chi connectivity index (χ0n) is 33.8. The molecule has 7 aromatic carbocycles. The predicted molar refractivity (Wildman–Crippen MR) is 248 cm³/mol. The monoisotopic (exact) mass is 781 g/mol. The van der Waals surface area contributed by atoms with Crippen molar-refractivity contribution in [2.45, 2.75) is 31.6 Å². The van der Waals surface area contributed by atoms with Gasteiger partial charge in [-0.2, -0.15) is 5.26 Å². The van der Waals surface area contributed by atoms with Crippen molar-refractivity contribution in [3.8, 4) is 51.3 Å². The first-order valence-corrected chi connectivity index (χ1v) is 21.0. The van der Waals surface area contributed by atoms with Gasteiger partial charge in [-0.1, -0.05) is 135 Å². The highest BCUT2D eigenvalue weighted by molar-refractivity contribution is 6.09. The number of aromatic nitrogens is 4. The number of hydrogen-bond donors (Lipinski definition) is 0. The van der Waals surface area contributed by atoms with E-state index in [4.69, 9.17) is 9.97 Å². The summed E-state index contributed by atoms with van der Waals surface area (Å²) >= 11 is 0. The Morgan fingerprint density at radius 2 is 1.23 bits per heavy atom. The fourth-order valence-electron chi connectivity index (χ4n) is 10.1. The summed E-state index contributed by atoms with van der Waals surface area (Å²) in [4.78, 5) is 10.8. The van der Waals surface area contributed by atoms with Crippen LogP contribution in [0.1, 0.15) is 48.4 Å². The van der Waals surface area contributed by atoms with Crippen molar-refractivity contribution in [1.82, 2.24) is 19.1 Å². The molecule has 10 aromatic rings. The molecule has 0 saturated heterocycles. The van der Waals surface area contributed by atoms with Crippen molar-refractivity contribution in [3.63, 3.8) is 0 Å². The second-order valence-corrected chi connectivity index (χ2v) is 16.9. The van der Waals surface area contributed by atoms with E-state index in [-0.39, 0.29) is 11.3 Å². The third-order valence-electron chi connectivity index (χ3n) is 13.1. The molecule has 3 aromatic heterocycles. The summed E-state index contributed by atoms with van der Waals surface area (Å²) in [5.41, 5.74) is 15.2. The van der Waals surface area contributed by atoms with Crippen molar-refractivity contribution < 1.29 is 0 Å². The van der Waals surface area contributed by atoms with Gasteiger partial charge in [-0.25, -0.2) is 9.97 Å². The van der Waals surface area contributed by atoms with Crippen molar-refractivity contribution in [2.24, 2.45) is 0 Å². The van der Waals surface area contributed by atoms with Crippen LogP contribution in [0.4, 0.5) is 0 Å². The fraction of sp³-hybridized carbons (Fsp3) is 0.0893. The maximum absolute atomic E-state index is 9.62. The van der Waals surface area contributed by atoms with E-state index in [0.717, 1.165) is 45.5 Å². The van der Waals surface area contributed by atoms with Gasteiger partial charge in [0.1, 0.15) is 0 Å². The van der Waals surface area contributed by atoms with Crippen molar-refractivity contribution in [2.75, 3.05) is 0 Å². The van der Waals surface area contributed by atoms with Crippen LogP contribution in [0.5, 0.6) is 0 Å². The van der Waals surface area contributed by atoms with Crippen LogP contribution in [0, 0.1) is 11.3 Å². The van der Waals surface area contributed by atoms with Crippen LogP contribution in [-0.2, 0) is 5.41 Å². The molecule has 12 rings (SSSR count). The van der Waals surface area contributed by atoms with E-state index in [0.29, 0.717) is 11.5 Å². The quantitative estimate of drug-likeness (QED) is 0.175. The lowest BCUT2D eigenvalue weighted by Gasteiger charge is -2.22. The van der Waals surface area contributed by atoms with Crippen LogP contribution in [0.3, 0.4) is 0 Å². The van der Waals surface area contributed by atoms with Crippen molar-refractivity contribution >= 4 is 44.9 Å². The van der Waals surface area contributed by atoms with Gasteiger partial charge in [0.05, 0.1) is 44.9 Å². The summed E-state index contributed by atoms with van der Waals surface area (Å²) in [5.74, 6) is 0.754. The molecule has 0 N–H and O–H groups in total. The van der Waals surface area contributed by atoms with Crippen LogP contribution in [-0.4, -0.2) is 19.1 Å². The zero-order valence-corrected chi connectivity index (χ0v) is 33.8. The van der Waals surface area contributed by atoms with E-state index in [1.165, 1.54) is 60.2 Å². The summed E-state index contributed by atoms with van der Waals surface area (Å²) in [7, 11) is 0. The molecule has 5 heteroatoms. The largest absolute Gasteiger partial charge is 0.309 e. The Morgan fingerprint density at radius 3 is 2.03 bits per heavy atom. The summed E-state index contributed by atoms with van der Waals surface area (Å²) in [5, 5.41) is 15.6. The standard InChI is InChI=1S/C56H39N5/c1-56(2)47-17-9-6-14-41(47)42-27-25-39(31-48(42)56)50-33-49(36-22-20-35(34-57)21-23-36)58-55(59-50)61-52-19-11-7-15-43(52)45-28-24-38(32-54(45)61)37-26-29-53-46(30-37)44-16-8-10-18-51(44)60(53)40-12-4-3-5-13-40/h3-23,25-33,38H,24H2,1-2H3. The lowest BCUT2D eigenvalue weighted by molar-refractivity contribution is 0.660. The molecule has 0 saturated carbocycles. The lowest BCUT2D eigenvalue weighted by atomic mass is 9.82. The van der Waals surface area contributed by atoms with Gasteiger partial charge in [0, 0.05) is 49.5 Å². The molecule has 2 aliphatic rings. The highest BCUT2D eigenvalue weighted by Crippen LogP contribution is 2.49. The Hall–Kier alpha value is -7.81. The number of nitrogens with zero attached hydrogens (tertiary/aromatic N) is 5. The minimum absolute atomic E-state index is 0.139. The first kappa shape index (κ1) is 35.2. The van der Waals surface area contributed by atoms with Gasteiger partial charge in [0.15, 0.2) is 0 Å². The van der Waals surface area contributed by atoms with E-state index in [1.54, 1.807) is 0 Å². The zero-order chi connectivity index (χ0) is 40.8. The molecule has 61 heavy (non-hydrogen) atoms. The van der Waals surface area contributed by atoms with Crippen LogP contribution in [0.25, 0.3) is 90.1 Å². The Kier molecular flexibility index (Phi) is 7.70. The molecular weight excluding hydrogens is 743 g/mol. The molecule has 0 bridgehead atoms. The molecule has 0 aliphatic heterocycles. The summed E-state index contributed by atoms with van der Waals surface area (Å²) < 4.78 is 4.63. The summed E-state index contributed by atoms with van der Waals surface area (Å²) in [6, 6.07) is 62.6. The predicted octanol–water partition coefficient (Wildman–Crippen LogP) is 11.8. The fourth-order valence-corrected chi connectivity index (χ4v) is 10.1. The van der Waals surface area contributed by atoms with E-state index in [9.17, 15) is 5.26 Å². The molecule has 0 spiro atoms. The van der Waals surface area contributed by atoms with Crippen LogP contribution >= 0.6 is 0 Å². The van der Waals surface area contributed by atoms with E-state index < -0.39 is 0 Å². The molecular formula is C56H39N5. The summed E-state index contributed by atoms with van der Waals surface area (Å²) in [6.45, 7) is 4.63. The maximum Gasteiger partial charge on any atom is 0.235 e. The highest BCUT2D eigenvalue weighted by Gasteiger charge is 2.35.